The molecule has 10 heteroatoms. The van der Waals surface area contributed by atoms with Crippen LogP contribution in [0.4, 0.5) is 4.39 Å². The Bertz CT molecular complexity index is 1240. The van der Waals surface area contributed by atoms with Crippen molar-refractivity contribution < 1.29 is 23.4 Å². The van der Waals surface area contributed by atoms with Crippen molar-refractivity contribution in [1.29, 1.82) is 0 Å². The molecule has 174 valence electrons. The van der Waals surface area contributed by atoms with Crippen LogP contribution < -0.4 is 15.6 Å². The smallest absolute Gasteiger partial charge is 0.287 e. The number of ether oxygens (including phenoxy) is 3. The third-order valence-corrected chi connectivity index (χ3v) is 7.15. The van der Waals surface area contributed by atoms with Gasteiger partial charge in [-0.05, 0) is 42.3 Å². The Morgan fingerprint density at radius 3 is 3.03 bits per heavy atom. The molecule has 8 nitrogen and oxygen atoms in total. The minimum atomic E-state index is -0.528. The molecule has 0 saturated carbocycles. The van der Waals surface area contributed by atoms with Crippen LogP contribution >= 0.6 is 11.3 Å². The maximum Gasteiger partial charge on any atom is 0.287 e. The van der Waals surface area contributed by atoms with Crippen molar-refractivity contribution in [2.24, 2.45) is 5.92 Å². The highest BCUT2D eigenvalue weighted by atomic mass is 32.1. The first-order valence-electron chi connectivity index (χ1n) is 10.9. The summed E-state index contributed by atoms with van der Waals surface area (Å²) in [5.41, 5.74) is 1.04. The van der Waals surface area contributed by atoms with E-state index in [9.17, 15) is 14.0 Å². The van der Waals surface area contributed by atoms with Crippen LogP contribution in [-0.2, 0) is 22.6 Å². The zero-order valence-electron chi connectivity index (χ0n) is 18.1. The second kappa shape index (κ2) is 9.20. The molecular weight excluding hydrogens is 449 g/mol. The Morgan fingerprint density at radius 1 is 1.39 bits per heavy atom. The number of amides is 1. The summed E-state index contributed by atoms with van der Waals surface area (Å²) < 4.78 is 30.3. The molecule has 33 heavy (non-hydrogen) atoms. The van der Waals surface area contributed by atoms with Crippen LogP contribution in [0.2, 0.25) is 0 Å². The van der Waals surface area contributed by atoms with E-state index >= 15 is 0 Å². The number of hydrogen-bond donors (Lipinski definition) is 2. The van der Waals surface area contributed by atoms with Crippen molar-refractivity contribution in [2.45, 2.75) is 44.6 Å². The molecule has 2 aliphatic rings. The normalized spacial score (nSPS) is 21.6. The zero-order chi connectivity index (χ0) is 22.9. The number of halogens is 1. The summed E-state index contributed by atoms with van der Waals surface area (Å²) >= 11 is 1.30. The SMILES string of the molecule is COc1cc(CNC(=O)c2nc3scc(COCC4CC5CCC4O5)c3c(=O)[nH]2)ccc1F. The summed E-state index contributed by atoms with van der Waals surface area (Å²) in [6.07, 6.45) is 3.97. The molecule has 2 fully saturated rings. The van der Waals surface area contributed by atoms with Gasteiger partial charge >= 0.3 is 0 Å². The largest absolute Gasteiger partial charge is 0.494 e. The molecule has 2 aliphatic heterocycles. The van der Waals surface area contributed by atoms with Crippen molar-refractivity contribution in [3.63, 3.8) is 0 Å². The van der Waals surface area contributed by atoms with Gasteiger partial charge in [-0.3, -0.25) is 9.59 Å². The van der Waals surface area contributed by atoms with E-state index in [1.165, 1.54) is 30.6 Å². The molecule has 1 amide bonds. The van der Waals surface area contributed by atoms with Crippen LogP contribution in [0.15, 0.2) is 28.4 Å². The van der Waals surface area contributed by atoms with Gasteiger partial charge < -0.3 is 24.5 Å². The average Bonchev–Trinajstić information content (AvgIpc) is 3.54. The van der Waals surface area contributed by atoms with Gasteiger partial charge in [-0.1, -0.05) is 6.07 Å². The first-order valence-corrected chi connectivity index (χ1v) is 11.7. The van der Waals surface area contributed by atoms with Crippen LogP contribution in [0.5, 0.6) is 5.75 Å². The standard InChI is InChI=1S/C23H24FN3O5S/c1-30-18-6-12(2-4-16(18)24)8-25-22(29)20-26-21(28)19-14(11-33-23(19)27-20)10-31-9-13-7-15-3-5-17(13)32-15/h2,4,6,11,13,15,17H,3,5,7-10H2,1H3,(H,25,29)(H,26,27,28). The number of benzene rings is 1. The molecule has 0 radical (unpaired) electrons. The average molecular weight is 474 g/mol. The minimum absolute atomic E-state index is 0.0741. The number of methoxy groups -OCH3 is 1. The molecule has 2 N–H and O–H groups in total. The second-order valence-corrected chi connectivity index (χ2v) is 9.25. The van der Waals surface area contributed by atoms with Crippen molar-refractivity contribution >= 4 is 27.5 Å². The van der Waals surface area contributed by atoms with Crippen LogP contribution in [0.1, 0.15) is 41.0 Å². The molecular formula is C23H24FN3O5S. The Balaban J connectivity index is 1.23. The maximum atomic E-state index is 13.5. The molecule has 3 unspecified atom stereocenters. The number of rotatable bonds is 8. The summed E-state index contributed by atoms with van der Waals surface area (Å²) in [4.78, 5) is 32.6. The first-order chi connectivity index (χ1) is 16.0. The second-order valence-electron chi connectivity index (χ2n) is 8.39. The monoisotopic (exact) mass is 473 g/mol. The fraction of sp³-hybridized carbons (Fsp3) is 0.435. The highest BCUT2D eigenvalue weighted by Crippen LogP contribution is 2.39. The van der Waals surface area contributed by atoms with Gasteiger partial charge in [0.1, 0.15) is 4.83 Å². The van der Waals surface area contributed by atoms with Gasteiger partial charge in [0.05, 0.1) is 37.9 Å². The Labute approximate surface area is 193 Å². The highest BCUT2D eigenvalue weighted by molar-refractivity contribution is 7.16. The summed E-state index contributed by atoms with van der Waals surface area (Å²) in [6, 6.07) is 4.32. The highest BCUT2D eigenvalue weighted by Gasteiger charge is 2.40. The molecule has 3 atom stereocenters. The van der Waals surface area contributed by atoms with E-state index in [1.807, 2.05) is 5.38 Å². The summed E-state index contributed by atoms with van der Waals surface area (Å²) in [5, 5.41) is 4.97. The van der Waals surface area contributed by atoms with Crippen molar-refractivity contribution in [1.82, 2.24) is 15.3 Å². The number of fused-ring (bicyclic) bond motifs is 3. The third-order valence-electron chi connectivity index (χ3n) is 6.23. The van der Waals surface area contributed by atoms with Gasteiger partial charge in [-0.25, -0.2) is 9.37 Å². The molecule has 0 aliphatic carbocycles. The van der Waals surface area contributed by atoms with Crippen molar-refractivity contribution in [3.8, 4) is 5.75 Å². The van der Waals surface area contributed by atoms with Crippen molar-refractivity contribution in [3.05, 3.63) is 56.7 Å². The lowest BCUT2D eigenvalue weighted by molar-refractivity contribution is 0.0454. The molecule has 4 heterocycles. The minimum Gasteiger partial charge on any atom is -0.494 e. The van der Waals surface area contributed by atoms with Crippen molar-refractivity contribution in [2.75, 3.05) is 13.7 Å². The number of nitrogens with zero attached hydrogens (tertiary/aromatic N) is 1. The van der Waals surface area contributed by atoms with Crippen LogP contribution in [0, 0.1) is 11.7 Å². The van der Waals surface area contributed by atoms with E-state index in [0.717, 1.165) is 24.8 Å². The van der Waals surface area contributed by atoms with E-state index in [4.69, 9.17) is 14.2 Å². The van der Waals surface area contributed by atoms with E-state index in [1.54, 1.807) is 6.07 Å². The number of thiophene rings is 1. The Hall–Kier alpha value is -2.82. The lowest BCUT2D eigenvalue weighted by Gasteiger charge is -2.18. The van der Waals surface area contributed by atoms with Crippen LogP contribution in [-0.4, -0.2) is 41.8 Å². The predicted molar refractivity (Wildman–Crippen MR) is 120 cm³/mol. The fourth-order valence-electron chi connectivity index (χ4n) is 4.54. The summed E-state index contributed by atoms with van der Waals surface area (Å²) in [7, 11) is 1.37. The van der Waals surface area contributed by atoms with Gasteiger partial charge in [0.15, 0.2) is 11.6 Å². The molecule has 2 aromatic heterocycles. The first kappa shape index (κ1) is 22.0. The number of carbonyl (C=O) groups is 1. The van der Waals surface area contributed by atoms with E-state index in [-0.39, 0.29) is 23.7 Å². The number of carbonyl (C=O) groups excluding carboxylic acids is 1. The van der Waals surface area contributed by atoms with Crippen LogP contribution in [0.3, 0.4) is 0 Å². The zero-order valence-corrected chi connectivity index (χ0v) is 18.9. The van der Waals surface area contributed by atoms with Gasteiger partial charge in [0.2, 0.25) is 5.82 Å². The fourth-order valence-corrected chi connectivity index (χ4v) is 5.46. The number of aromatic nitrogens is 2. The topological polar surface area (TPSA) is 103 Å². The number of hydrogen-bond acceptors (Lipinski definition) is 7. The van der Waals surface area contributed by atoms with Gasteiger partial charge in [0.25, 0.3) is 11.5 Å². The lowest BCUT2D eigenvalue weighted by atomic mass is 9.90. The molecule has 1 aromatic carbocycles. The van der Waals surface area contributed by atoms with Crippen LogP contribution in [0.25, 0.3) is 10.2 Å². The van der Waals surface area contributed by atoms with E-state index in [2.05, 4.69) is 15.3 Å². The van der Waals surface area contributed by atoms with E-state index in [0.29, 0.717) is 47.1 Å². The Kier molecular flexibility index (Phi) is 6.13. The maximum absolute atomic E-state index is 13.5. The van der Waals surface area contributed by atoms with Gasteiger partial charge in [-0.15, -0.1) is 11.3 Å². The van der Waals surface area contributed by atoms with E-state index < -0.39 is 11.7 Å². The third kappa shape index (κ3) is 4.50. The van der Waals surface area contributed by atoms with Gasteiger partial charge in [-0.2, -0.15) is 0 Å². The molecule has 0 spiro atoms. The predicted octanol–water partition coefficient (Wildman–Crippen LogP) is 3.15. The number of H-pyrrole nitrogens is 1. The number of nitrogens with one attached hydrogen (secondary N) is 2. The lowest BCUT2D eigenvalue weighted by Crippen LogP contribution is -2.27. The Morgan fingerprint density at radius 2 is 2.27 bits per heavy atom. The molecule has 2 bridgehead atoms. The quantitative estimate of drug-likeness (QED) is 0.521. The van der Waals surface area contributed by atoms with Gasteiger partial charge in [0, 0.05) is 18.0 Å². The summed E-state index contributed by atoms with van der Waals surface area (Å²) in [6.45, 7) is 1.06. The molecule has 5 rings (SSSR count). The summed E-state index contributed by atoms with van der Waals surface area (Å²) in [5.74, 6) is -0.572. The molecule has 2 saturated heterocycles. The molecule has 3 aromatic rings. The number of aromatic amines is 1.